The zero-order valence-corrected chi connectivity index (χ0v) is 13.1. The maximum absolute atomic E-state index is 13.1. The molecular weight excluding hydrogens is 315 g/mol. The van der Waals surface area contributed by atoms with Gasteiger partial charge in [-0.1, -0.05) is 31.3 Å². The molecule has 1 fully saturated rings. The van der Waals surface area contributed by atoms with Crippen LogP contribution >= 0.6 is 12.2 Å². The maximum atomic E-state index is 13.1. The number of carbonyl (C=O) groups excluding carboxylic acids is 1. The van der Waals surface area contributed by atoms with Crippen LogP contribution in [0.2, 0.25) is 0 Å². The topological polar surface area (TPSA) is 29.5 Å². The highest BCUT2D eigenvalue weighted by Crippen LogP contribution is 2.34. The Bertz CT molecular complexity index is 601. The predicted octanol–water partition coefficient (Wildman–Crippen LogP) is 3.19. The Kier molecular flexibility index (Phi) is 4.75. The smallest absolute Gasteiger partial charge is 0.416 e. The molecule has 0 aliphatic carbocycles. The molecule has 120 valence electrons. The van der Waals surface area contributed by atoms with E-state index in [1.54, 1.807) is 17.9 Å². The van der Waals surface area contributed by atoms with Crippen LogP contribution in [0.25, 0.3) is 0 Å². The Balaban J connectivity index is 2.30. The molecule has 0 N–H and O–H groups in total. The van der Waals surface area contributed by atoms with Gasteiger partial charge in [0.1, 0.15) is 11.0 Å². The van der Waals surface area contributed by atoms with Crippen LogP contribution in [0.5, 0.6) is 0 Å². The van der Waals surface area contributed by atoms with E-state index >= 15 is 0 Å². The third-order valence-corrected chi connectivity index (χ3v) is 4.27. The monoisotopic (exact) mass is 331 g/mol. The van der Waals surface area contributed by atoms with Crippen LogP contribution in [0.4, 0.5) is 13.2 Å². The van der Waals surface area contributed by atoms with Crippen molar-refractivity contribution in [3.63, 3.8) is 0 Å². The van der Waals surface area contributed by atoms with Gasteiger partial charge in [0.15, 0.2) is 0 Å². The average molecular weight is 331 g/mol. The van der Waals surface area contributed by atoms with Crippen LogP contribution in [0.1, 0.15) is 30.0 Å². The van der Waals surface area contributed by atoms with E-state index in [9.17, 15) is 18.0 Å². The summed E-state index contributed by atoms with van der Waals surface area (Å²) < 4.78 is 44.0. The number of esters is 1. The van der Waals surface area contributed by atoms with Crippen LogP contribution in [0.15, 0.2) is 18.2 Å². The lowest BCUT2D eigenvalue weighted by Gasteiger charge is -2.40. The second-order valence-electron chi connectivity index (χ2n) is 5.05. The van der Waals surface area contributed by atoms with Gasteiger partial charge in [0.05, 0.1) is 12.7 Å². The van der Waals surface area contributed by atoms with E-state index in [-0.39, 0.29) is 17.0 Å². The van der Waals surface area contributed by atoms with E-state index in [1.807, 2.05) is 0 Å². The molecular formula is C15H16F3NO2S. The van der Waals surface area contributed by atoms with Crippen LogP contribution in [-0.4, -0.2) is 35.6 Å². The second-order valence-corrected chi connectivity index (χ2v) is 5.44. The van der Waals surface area contributed by atoms with Gasteiger partial charge in [-0.3, -0.25) is 0 Å². The quantitative estimate of drug-likeness (QED) is 0.628. The van der Waals surface area contributed by atoms with Crippen LogP contribution in [-0.2, 0) is 22.1 Å². The number of aryl methyl sites for hydroxylation is 1. The second kappa shape index (κ2) is 6.24. The maximum Gasteiger partial charge on any atom is 0.416 e. The molecule has 0 spiro atoms. The molecule has 0 aromatic heterocycles. The molecule has 22 heavy (non-hydrogen) atoms. The first-order valence-corrected chi connectivity index (χ1v) is 7.29. The van der Waals surface area contributed by atoms with Crippen molar-refractivity contribution < 1.29 is 22.7 Å². The van der Waals surface area contributed by atoms with Crippen molar-refractivity contribution in [2.75, 3.05) is 13.7 Å². The molecule has 1 aliphatic heterocycles. The van der Waals surface area contributed by atoms with E-state index in [1.165, 1.54) is 13.2 Å². The van der Waals surface area contributed by atoms with Crippen molar-refractivity contribution in [3.8, 4) is 0 Å². The zero-order chi connectivity index (χ0) is 16.5. The fourth-order valence-corrected chi connectivity index (χ4v) is 2.80. The number of thiocarbonyl (C=S) groups is 1. The summed E-state index contributed by atoms with van der Waals surface area (Å²) in [5, 5.41) is 0. The number of hydrogen-bond acceptors (Lipinski definition) is 3. The lowest BCUT2D eigenvalue weighted by molar-refractivity contribution is -0.148. The highest BCUT2D eigenvalue weighted by Gasteiger charge is 2.38. The highest BCUT2D eigenvalue weighted by molar-refractivity contribution is 7.80. The molecule has 0 amide bonds. The van der Waals surface area contributed by atoms with Gasteiger partial charge in [-0.15, -0.1) is 0 Å². The van der Waals surface area contributed by atoms with E-state index in [2.05, 4.69) is 4.74 Å². The molecule has 3 nitrogen and oxygen atoms in total. The van der Waals surface area contributed by atoms with Gasteiger partial charge in [-0.05, 0) is 24.5 Å². The number of methoxy groups -OCH3 is 1. The Morgan fingerprint density at radius 2 is 2.14 bits per heavy atom. The van der Waals surface area contributed by atoms with Gasteiger partial charge in [0, 0.05) is 12.1 Å². The minimum absolute atomic E-state index is 0.229. The van der Waals surface area contributed by atoms with Crippen molar-refractivity contribution in [2.45, 2.75) is 32.0 Å². The van der Waals surface area contributed by atoms with E-state index in [0.717, 1.165) is 6.07 Å². The lowest BCUT2D eigenvalue weighted by Crippen LogP contribution is -2.55. The zero-order valence-electron chi connectivity index (χ0n) is 12.2. The van der Waals surface area contributed by atoms with Gasteiger partial charge >= 0.3 is 12.1 Å². The molecule has 0 saturated carbocycles. The summed E-state index contributed by atoms with van der Waals surface area (Å²) in [7, 11) is 1.28. The Morgan fingerprint density at radius 1 is 1.45 bits per heavy atom. The summed E-state index contributed by atoms with van der Waals surface area (Å²) in [6.07, 6.45) is -3.55. The number of halogens is 3. The Labute approximate surface area is 132 Å². The van der Waals surface area contributed by atoms with Crippen LogP contribution in [0.3, 0.4) is 0 Å². The number of rotatable bonds is 3. The molecule has 1 heterocycles. The molecule has 2 rings (SSSR count). The standard InChI is InChI=1S/C15H16F3NO2S/c1-3-9-4-5-10(8-11(9)15(16,17)18)13(22)19-7-6-12(19)14(20)21-2/h4-5,8,12H,3,6-7H2,1-2H3/t12-/m1/s1. The fraction of sp³-hybridized carbons (Fsp3) is 0.467. The average Bonchev–Trinajstić information content (AvgIpc) is 2.44. The van der Waals surface area contributed by atoms with Gasteiger partial charge < -0.3 is 9.64 Å². The number of benzene rings is 1. The number of hydrogen-bond donors (Lipinski definition) is 0. The Hall–Kier alpha value is -1.63. The Morgan fingerprint density at radius 3 is 2.59 bits per heavy atom. The third-order valence-electron chi connectivity index (χ3n) is 3.80. The van der Waals surface area contributed by atoms with E-state index < -0.39 is 23.8 Å². The number of nitrogens with zero attached hydrogens (tertiary/aromatic N) is 1. The number of alkyl halides is 3. The summed E-state index contributed by atoms with van der Waals surface area (Å²) in [6.45, 7) is 2.21. The molecule has 7 heteroatoms. The molecule has 1 aromatic carbocycles. The number of likely N-dealkylation sites (tertiary alicyclic amines) is 1. The van der Waals surface area contributed by atoms with Crippen molar-refractivity contribution in [1.82, 2.24) is 4.90 Å². The summed E-state index contributed by atoms with van der Waals surface area (Å²) in [5.41, 5.74) is -0.148. The lowest BCUT2D eigenvalue weighted by atomic mass is 9.98. The normalized spacial score (nSPS) is 17.9. The number of ether oxygens (including phenoxy) is 1. The molecule has 1 atom stereocenters. The van der Waals surface area contributed by atoms with Gasteiger partial charge in [-0.2, -0.15) is 13.2 Å². The molecule has 0 radical (unpaired) electrons. The third kappa shape index (κ3) is 3.09. The summed E-state index contributed by atoms with van der Waals surface area (Å²) >= 11 is 5.25. The minimum Gasteiger partial charge on any atom is -0.467 e. The summed E-state index contributed by atoms with van der Waals surface area (Å²) in [4.78, 5) is 13.4. The van der Waals surface area contributed by atoms with Gasteiger partial charge in [-0.25, -0.2) is 4.79 Å². The molecule has 0 unspecified atom stereocenters. The highest BCUT2D eigenvalue weighted by atomic mass is 32.1. The molecule has 1 aliphatic rings. The van der Waals surface area contributed by atoms with Crippen molar-refractivity contribution >= 4 is 23.2 Å². The van der Waals surface area contributed by atoms with Crippen LogP contribution in [0, 0.1) is 0 Å². The summed E-state index contributed by atoms with van der Waals surface area (Å²) in [5.74, 6) is -0.421. The SMILES string of the molecule is CCc1ccc(C(=S)N2CC[C@@H]2C(=O)OC)cc1C(F)(F)F. The molecule has 1 aromatic rings. The molecule has 0 bridgehead atoms. The van der Waals surface area contributed by atoms with Crippen LogP contribution < -0.4 is 0 Å². The fourth-order valence-electron chi connectivity index (χ4n) is 2.46. The van der Waals surface area contributed by atoms with Crippen molar-refractivity contribution in [1.29, 1.82) is 0 Å². The minimum atomic E-state index is -4.42. The van der Waals surface area contributed by atoms with Crippen molar-refractivity contribution in [3.05, 3.63) is 34.9 Å². The van der Waals surface area contributed by atoms with E-state index in [0.29, 0.717) is 18.5 Å². The van der Waals surface area contributed by atoms with Crippen molar-refractivity contribution in [2.24, 2.45) is 0 Å². The van der Waals surface area contributed by atoms with E-state index in [4.69, 9.17) is 12.2 Å². The number of carbonyl (C=O) groups is 1. The summed E-state index contributed by atoms with van der Waals surface area (Å²) in [6, 6.07) is 3.58. The molecule has 1 saturated heterocycles. The first kappa shape index (κ1) is 16.7. The van der Waals surface area contributed by atoms with Gasteiger partial charge in [0.25, 0.3) is 0 Å². The first-order chi connectivity index (χ1) is 10.3. The van der Waals surface area contributed by atoms with Gasteiger partial charge in [0.2, 0.25) is 0 Å². The largest absolute Gasteiger partial charge is 0.467 e. The first-order valence-electron chi connectivity index (χ1n) is 6.88. The predicted molar refractivity (Wildman–Crippen MR) is 79.6 cm³/mol.